The number of anilines is 1. The molecule has 1 amide bonds. The molecular weight excluding hydrogens is 413 g/mol. The zero-order valence-corrected chi connectivity index (χ0v) is 16.7. The topological polar surface area (TPSA) is 80.4 Å². The Morgan fingerprint density at radius 1 is 1.39 bits per heavy atom. The molecule has 0 spiro atoms. The van der Waals surface area contributed by atoms with Gasteiger partial charge in [0.05, 0.1) is 5.02 Å². The number of aryl methyl sites for hydroxylation is 1. The number of hydrogen-bond donors (Lipinski definition) is 2. The van der Waals surface area contributed by atoms with Gasteiger partial charge in [-0.15, -0.1) is 0 Å². The fourth-order valence-electron chi connectivity index (χ4n) is 2.49. The lowest BCUT2D eigenvalue weighted by Gasteiger charge is -2.14. The molecule has 150 valence electrons. The lowest BCUT2D eigenvalue weighted by molar-refractivity contribution is 0.102. The van der Waals surface area contributed by atoms with Gasteiger partial charge in [-0.1, -0.05) is 30.3 Å². The maximum absolute atomic E-state index is 14.2. The maximum Gasteiger partial charge on any atom is 0.274 e. The van der Waals surface area contributed by atoms with Gasteiger partial charge >= 0.3 is 0 Å². The van der Waals surface area contributed by atoms with E-state index in [-0.39, 0.29) is 33.8 Å². The van der Waals surface area contributed by atoms with Crippen LogP contribution in [0.2, 0.25) is 5.02 Å². The van der Waals surface area contributed by atoms with Crippen LogP contribution in [0.1, 0.15) is 28.5 Å². The summed E-state index contributed by atoms with van der Waals surface area (Å²) in [4.78, 5) is 19.8. The smallest absolute Gasteiger partial charge is 0.274 e. The number of amidine groups is 1. The van der Waals surface area contributed by atoms with Crippen molar-refractivity contribution in [1.82, 2.24) is 4.98 Å². The molecule has 1 aromatic carbocycles. The Morgan fingerprint density at radius 3 is 2.75 bits per heavy atom. The first kappa shape index (κ1) is 22.0. The van der Waals surface area contributed by atoms with Crippen LogP contribution in [-0.2, 0) is 6.42 Å². The molecule has 2 aromatic rings. The van der Waals surface area contributed by atoms with Gasteiger partial charge in [-0.05, 0) is 36.6 Å². The molecule has 1 heterocycles. The van der Waals surface area contributed by atoms with E-state index < -0.39 is 24.3 Å². The van der Waals surface area contributed by atoms with E-state index in [2.05, 4.69) is 15.3 Å². The van der Waals surface area contributed by atoms with E-state index >= 15 is 0 Å². The Morgan fingerprint density at radius 2 is 2.11 bits per heavy atom. The van der Waals surface area contributed by atoms with Crippen LogP contribution in [0, 0.1) is 18.6 Å². The largest absolute Gasteiger partial charge is 0.378 e. The number of hydrogen-bond acceptors (Lipinski definition) is 4. The van der Waals surface area contributed by atoms with Crippen molar-refractivity contribution in [3.8, 4) is 0 Å². The van der Waals surface area contributed by atoms with Gasteiger partial charge in [0.2, 0.25) is 0 Å². The molecule has 1 aromatic heterocycles. The predicted octanol–water partition coefficient (Wildman–Crippen LogP) is 4.48. The number of amides is 1. The molecule has 0 unspecified atom stereocenters. The number of nitrogens with zero attached hydrogens (tertiary/aromatic N) is 2. The van der Waals surface area contributed by atoms with Crippen LogP contribution in [0.4, 0.5) is 18.9 Å². The normalized spacial score (nSPS) is 12.7. The van der Waals surface area contributed by atoms with Gasteiger partial charge in [-0.3, -0.25) is 4.79 Å². The highest BCUT2D eigenvalue weighted by Crippen LogP contribution is 2.24. The molecule has 0 bridgehead atoms. The lowest BCUT2D eigenvalue weighted by Crippen LogP contribution is -2.17. The summed E-state index contributed by atoms with van der Waals surface area (Å²) in [7, 11) is 0. The molecule has 0 fully saturated rings. The van der Waals surface area contributed by atoms with Crippen molar-refractivity contribution >= 4 is 40.1 Å². The van der Waals surface area contributed by atoms with Gasteiger partial charge in [-0.25, -0.2) is 23.1 Å². The average Bonchev–Trinajstić information content (AvgIpc) is 2.59. The van der Waals surface area contributed by atoms with Crippen LogP contribution >= 0.6 is 23.4 Å². The van der Waals surface area contributed by atoms with Gasteiger partial charge < -0.3 is 11.1 Å². The van der Waals surface area contributed by atoms with Gasteiger partial charge in [0.15, 0.2) is 23.6 Å². The molecule has 10 heteroatoms. The first-order chi connectivity index (χ1) is 13.2. The minimum Gasteiger partial charge on any atom is -0.378 e. The highest BCUT2D eigenvalue weighted by atomic mass is 35.5. The summed E-state index contributed by atoms with van der Waals surface area (Å²) < 4.78 is 40.3. The maximum atomic E-state index is 14.2. The minimum atomic E-state index is -1.10. The highest BCUT2D eigenvalue weighted by molar-refractivity contribution is 8.14. The zero-order valence-electron chi connectivity index (χ0n) is 15.1. The van der Waals surface area contributed by atoms with Crippen LogP contribution in [0.25, 0.3) is 0 Å². The number of carbonyl (C=O) groups excluding carboxylic acids is 1. The Hall–Kier alpha value is -2.26. The van der Waals surface area contributed by atoms with Crippen LogP contribution in [0.5, 0.6) is 0 Å². The minimum absolute atomic E-state index is 0.0182. The average molecular weight is 431 g/mol. The summed E-state index contributed by atoms with van der Waals surface area (Å²) >= 11 is 6.86. The standard InChI is InChI=1S/C18H18ClF3N4OS/c1-9-3-12(19)7-24-16(9)17(27)26-13-5-11(15(22)14(21)6-13)4-10(2)28-18(23)25-8-20/h3,5-7,10H,4,8H2,1-2H3,(H2,23,25)(H,26,27)/t10-/m1/s1. The Kier molecular flexibility index (Phi) is 7.70. The van der Waals surface area contributed by atoms with Crippen molar-refractivity contribution < 1.29 is 18.0 Å². The van der Waals surface area contributed by atoms with Crippen LogP contribution in [0.3, 0.4) is 0 Å². The molecule has 0 radical (unpaired) electrons. The second kappa shape index (κ2) is 9.79. The molecule has 0 aliphatic heterocycles. The van der Waals surface area contributed by atoms with Crippen molar-refractivity contribution in [2.45, 2.75) is 25.5 Å². The molecule has 2 rings (SSSR count). The van der Waals surface area contributed by atoms with Crippen molar-refractivity contribution in [3.63, 3.8) is 0 Å². The first-order valence-corrected chi connectivity index (χ1v) is 9.41. The molecule has 0 saturated carbocycles. The van der Waals surface area contributed by atoms with Gasteiger partial charge in [0, 0.05) is 23.2 Å². The fraction of sp³-hybridized carbons (Fsp3) is 0.278. The number of aliphatic imine (C=N–C) groups is 1. The number of nitrogens with one attached hydrogen (secondary N) is 1. The third-order valence-corrected chi connectivity index (χ3v) is 4.81. The van der Waals surface area contributed by atoms with E-state index in [0.29, 0.717) is 10.6 Å². The summed E-state index contributed by atoms with van der Waals surface area (Å²) in [5.74, 6) is -2.70. The molecule has 0 aliphatic carbocycles. The first-order valence-electron chi connectivity index (χ1n) is 8.15. The number of nitrogens with two attached hydrogens (primary N) is 1. The van der Waals surface area contributed by atoms with Crippen molar-refractivity contribution in [2.75, 3.05) is 12.1 Å². The number of pyridine rings is 1. The number of rotatable bonds is 6. The highest BCUT2D eigenvalue weighted by Gasteiger charge is 2.17. The summed E-state index contributed by atoms with van der Waals surface area (Å²) in [6, 6.07) is 3.79. The SMILES string of the molecule is Cc1cc(Cl)cnc1C(=O)Nc1cc(F)c(F)c(C[C@@H](C)S/C(N)=N\CF)c1. The van der Waals surface area contributed by atoms with E-state index in [4.69, 9.17) is 17.3 Å². The van der Waals surface area contributed by atoms with E-state index in [1.54, 1.807) is 19.9 Å². The van der Waals surface area contributed by atoms with Crippen molar-refractivity contribution in [2.24, 2.45) is 10.7 Å². The van der Waals surface area contributed by atoms with Crippen molar-refractivity contribution in [3.05, 3.63) is 57.9 Å². The lowest BCUT2D eigenvalue weighted by atomic mass is 10.1. The van der Waals surface area contributed by atoms with E-state index in [9.17, 15) is 18.0 Å². The quantitative estimate of drug-likeness (QED) is 0.402. The predicted molar refractivity (Wildman–Crippen MR) is 107 cm³/mol. The number of halogens is 4. The van der Waals surface area contributed by atoms with E-state index in [0.717, 1.165) is 17.8 Å². The molecule has 0 aliphatic rings. The monoisotopic (exact) mass is 430 g/mol. The van der Waals surface area contributed by atoms with Gasteiger partial charge in [0.25, 0.3) is 5.91 Å². The number of carbonyl (C=O) groups is 1. The van der Waals surface area contributed by atoms with Crippen LogP contribution in [-0.4, -0.2) is 28.1 Å². The van der Waals surface area contributed by atoms with Crippen LogP contribution in [0.15, 0.2) is 29.4 Å². The third-order valence-electron chi connectivity index (χ3n) is 3.67. The summed E-state index contributed by atoms with van der Waals surface area (Å²) in [5.41, 5.74) is 6.31. The number of alkyl halides is 1. The van der Waals surface area contributed by atoms with Gasteiger partial charge in [0.1, 0.15) is 5.69 Å². The van der Waals surface area contributed by atoms with E-state index in [1.165, 1.54) is 12.3 Å². The van der Waals surface area contributed by atoms with Crippen molar-refractivity contribution in [1.29, 1.82) is 0 Å². The molecule has 3 N–H and O–H groups in total. The second-order valence-corrected chi connectivity index (χ2v) is 7.85. The molecule has 1 atom stereocenters. The molecule has 28 heavy (non-hydrogen) atoms. The Balaban J connectivity index is 2.20. The number of benzene rings is 1. The number of thioether (sulfide) groups is 1. The fourth-order valence-corrected chi connectivity index (χ4v) is 3.50. The van der Waals surface area contributed by atoms with E-state index in [1.807, 2.05) is 0 Å². The summed E-state index contributed by atoms with van der Waals surface area (Å²) in [6.07, 6.45) is 1.42. The number of aromatic nitrogens is 1. The Labute approximate surface area is 169 Å². The third kappa shape index (κ3) is 5.87. The molecule has 5 nitrogen and oxygen atoms in total. The summed E-state index contributed by atoms with van der Waals surface area (Å²) in [6.45, 7) is 2.43. The molecular formula is C18H18ClF3N4OS. The Bertz CT molecular complexity index is 911. The zero-order chi connectivity index (χ0) is 20.8. The second-order valence-electron chi connectivity index (χ2n) is 5.95. The van der Waals surface area contributed by atoms with Gasteiger partial charge in [-0.2, -0.15) is 0 Å². The summed E-state index contributed by atoms with van der Waals surface area (Å²) in [5, 5.41) is 2.61. The van der Waals surface area contributed by atoms with Crippen LogP contribution < -0.4 is 11.1 Å². The molecule has 0 saturated heterocycles.